The lowest BCUT2D eigenvalue weighted by Gasteiger charge is -2.19. The fourth-order valence-corrected chi connectivity index (χ4v) is 4.01. The van der Waals surface area contributed by atoms with Crippen LogP contribution in [-0.2, 0) is 16.1 Å². The average molecular weight is 344 g/mol. The summed E-state index contributed by atoms with van der Waals surface area (Å²) in [7, 11) is 0. The number of fused-ring (bicyclic) bond motifs is 1. The summed E-state index contributed by atoms with van der Waals surface area (Å²) >= 11 is 6.00. The van der Waals surface area contributed by atoms with E-state index in [9.17, 15) is 9.59 Å². The molecule has 24 heavy (non-hydrogen) atoms. The van der Waals surface area contributed by atoms with Gasteiger partial charge in [-0.15, -0.1) is 0 Å². The molecule has 2 atom stereocenters. The number of nitrogens with zero attached hydrogens (tertiary/aromatic N) is 3. The zero-order chi connectivity index (χ0) is 16.7. The van der Waals surface area contributed by atoms with E-state index in [0.29, 0.717) is 17.3 Å². The van der Waals surface area contributed by atoms with Crippen LogP contribution in [0.25, 0.3) is 0 Å². The summed E-state index contributed by atoms with van der Waals surface area (Å²) in [6.07, 6.45) is 7.06. The van der Waals surface area contributed by atoms with Crippen molar-refractivity contribution in [3.05, 3.63) is 47.2 Å². The van der Waals surface area contributed by atoms with Crippen LogP contribution in [-0.4, -0.2) is 21.6 Å². The molecule has 0 bridgehead atoms. The molecule has 2 heterocycles. The summed E-state index contributed by atoms with van der Waals surface area (Å²) in [5.41, 5.74) is 1.59. The second kappa shape index (κ2) is 6.06. The predicted molar refractivity (Wildman–Crippen MR) is 90.7 cm³/mol. The van der Waals surface area contributed by atoms with E-state index in [4.69, 9.17) is 11.6 Å². The molecule has 0 spiro atoms. The molecule has 1 saturated heterocycles. The van der Waals surface area contributed by atoms with Gasteiger partial charge < -0.3 is 0 Å². The number of imide groups is 1. The highest BCUT2D eigenvalue weighted by Gasteiger charge is 2.49. The molecule has 1 aliphatic heterocycles. The van der Waals surface area contributed by atoms with E-state index in [1.54, 1.807) is 17.1 Å². The minimum atomic E-state index is -0.137. The molecule has 2 amide bonds. The highest BCUT2D eigenvalue weighted by Crippen LogP contribution is 2.39. The Balaban J connectivity index is 1.56. The van der Waals surface area contributed by atoms with Gasteiger partial charge in [-0.05, 0) is 30.5 Å². The monoisotopic (exact) mass is 343 g/mol. The smallest absolute Gasteiger partial charge is 0.237 e. The Hall–Kier alpha value is -2.14. The van der Waals surface area contributed by atoms with Crippen LogP contribution in [0.15, 0.2) is 36.7 Å². The number of hydrogen-bond donors (Lipinski definition) is 0. The van der Waals surface area contributed by atoms with Crippen LogP contribution in [0.1, 0.15) is 31.2 Å². The van der Waals surface area contributed by atoms with Crippen molar-refractivity contribution in [1.29, 1.82) is 0 Å². The fraction of sp³-hybridized carbons (Fsp3) is 0.389. The van der Waals surface area contributed by atoms with Gasteiger partial charge in [-0.2, -0.15) is 5.10 Å². The first-order valence-corrected chi connectivity index (χ1v) is 8.66. The van der Waals surface area contributed by atoms with Crippen LogP contribution in [0.5, 0.6) is 0 Å². The molecule has 4 rings (SSSR count). The molecular weight excluding hydrogens is 326 g/mol. The van der Waals surface area contributed by atoms with Crippen molar-refractivity contribution in [1.82, 2.24) is 9.78 Å². The largest absolute Gasteiger partial charge is 0.274 e. The topological polar surface area (TPSA) is 55.2 Å². The summed E-state index contributed by atoms with van der Waals surface area (Å²) < 4.78 is 1.73. The van der Waals surface area contributed by atoms with Gasteiger partial charge in [-0.1, -0.05) is 36.6 Å². The van der Waals surface area contributed by atoms with Crippen LogP contribution < -0.4 is 4.90 Å². The maximum Gasteiger partial charge on any atom is 0.237 e. The maximum atomic E-state index is 12.6. The second-order valence-electron chi connectivity index (χ2n) is 6.54. The molecule has 1 saturated carbocycles. The normalized spacial score (nSPS) is 23.6. The fourth-order valence-electron chi connectivity index (χ4n) is 3.79. The quantitative estimate of drug-likeness (QED) is 0.804. The summed E-state index contributed by atoms with van der Waals surface area (Å²) in [5, 5.41) is 4.97. The van der Waals surface area contributed by atoms with E-state index in [0.717, 1.165) is 31.2 Å². The van der Waals surface area contributed by atoms with Gasteiger partial charge in [0.2, 0.25) is 11.8 Å². The summed E-state index contributed by atoms with van der Waals surface area (Å²) in [6.45, 7) is 0.545. The van der Waals surface area contributed by atoms with E-state index >= 15 is 0 Å². The SMILES string of the molecule is O=C1[C@H]2CCCC[C@@H]2C(=O)N1c1cnn(Cc2cccc(Cl)c2)c1. The number of halogens is 1. The zero-order valence-electron chi connectivity index (χ0n) is 13.2. The molecule has 124 valence electrons. The average Bonchev–Trinajstić information content (AvgIpc) is 3.11. The van der Waals surface area contributed by atoms with Gasteiger partial charge in [0.15, 0.2) is 0 Å². The van der Waals surface area contributed by atoms with Gasteiger partial charge in [0.1, 0.15) is 0 Å². The number of carbonyl (C=O) groups is 2. The number of rotatable bonds is 3. The van der Waals surface area contributed by atoms with Gasteiger partial charge in [-0.3, -0.25) is 14.3 Å². The third kappa shape index (κ3) is 2.63. The van der Waals surface area contributed by atoms with Crippen LogP contribution in [0.2, 0.25) is 5.02 Å². The lowest BCUT2D eigenvalue weighted by molar-refractivity contribution is -0.122. The third-order valence-corrected chi connectivity index (χ3v) is 5.19. The van der Waals surface area contributed by atoms with E-state index in [2.05, 4.69) is 5.10 Å². The molecule has 1 aliphatic carbocycles. The molecule has 1 aromatic heterocycles. The van der Waals surface area contributed by atoms with E-state index in [-0.39, 0.29) is 23.7 Å². The first-order valence-electron chi connectivity index (χ1n) is 8.28. The molecule has 2 fully saturated rings. The number of anilines is 1. The van der Waals surface area contributed by atoms with Gasteiger partial charge in [0.05, 0.1) is 30.3 Å². The van der Waals surface area contributed by atoms with Gasteiger partial charge in [0, 0.05) is 11.2 Å². The number of benzene rings is 1. The van der Waals surface area contributed by atoms with Gasteiger partial charge >= 0.3 is 0 Å². The lowest BCUT2D eigenvalue weighted by atomic mass is 9.81. The second-order valence-corrected chi connectivity index (χ2v) is 6.97. The van der Waals surface area contributed by atoms with Crippen molar-refractivity contribution in [3.8, 4) is 0 Å². The maximum absolute atomic E-state index is 12.6. The minimum Gasteiger partial charge on any atom is -0.274 e. The standard InChI is InChI=1S/C18H18ClN3O2/c19-13-5-3-4-12(8-13)10-21-11-14(9-20-21)22-17(23)15-6-1-2-7-16(15)18(22)24/h3-5,8-9,11,15-16H,1-2,6-7,10H2/t15-,16-/m0/s1. The molecule has 0 N–H and O–H groups in total. The molecular formula is C18H18ClN3O2. The summed E-state index contributed by atoms with van der Waals surface area (Å²) in [5.74, 6) is -0.399. The van der Waals surface area contributed by atoms with Crippen molar-refractivity contribution < 1.29 is 9.59 Å². The molecule has 2 aromatic rings. The van der Waals surface area contributed by atoms with Crippen molar-refractivity contribution in [3.63, 3.8) is 0 Å². The first kappa shape index (κ1) is 15.4. The zero-order valence-corrected chi connectivity index (χ0v) is 13.9. The van der Waals surface area contributed by atoms with Crippen molar-refractivity contribution in [2.75, 3.05) is 4.90 Å². The van der Waals surface area contributed by atoms with Crippen LogP contribution in [0, 0.1) is 11.8 Å². The Morgan fingerprint density at radius 1 is 1.12 bits per heavy atom. The number of amides is 2. The van der Waals surface area contributed by atoms with Crippen molar-refractivity contribution in [2.45, 2.75) is 32.2 Å². The Morgan fingerprint density at radius 2 is 1.83 bits per heavy atom. The molecule has 5 nitrogen and oxygen atoms in total. The molecule has 6 heteroatoms. The molecule has 0 unspecified atom stereocenters. The van der Waals surface area contributed by atoms with E-state index in [1.807, 2.05) is 24.3 Å². The van der Waals surface area contributed by atoms with Crippen molar-refractivity contribution in [2.24, 2.45) is 11.8 Å². The van der Waals surface area contributed by atoms with Crippen LogP contribution >= 0.6 is 11.6 Å². The first-order chi connectivity index (χ1) is 11.6. The predicted octanol–water partition coefficient (Wildman–Crippen LogP) is 3.26. The van der Waals surface area contributed by atoms with Crippen molar-refractivity contribution >= 4 is 29.1 Å². The Labute approximate surface area is 145 Å². The van der Waals surface area contributed by atoms with E-state index < -0.39 is 0 Å². The van der Waals surface area contributed by atoms with Crippen LogP contribution in [0.4, 0.5) is 5.69 Å². The summed E-state index contributed by atoms with van der Waals surface area (Å²) in [6, 6.07) is 7.56. The van der Waals surface area contributed by atoms with E-state index in [1.165, 1.54) is 4.90 Å². The number of hydrogen-bond acceptors (Lipinski definition) is 3. The van der Waals surface area contributed by atoms with Crippen LogP contribution in [0.3, 0.4) is 0 Å². The van der Waals surface area contributed by atoms with Gasteiger partial charge in [-0.25, -0.2) is 4.90 Å². The number of carbonyl (C=O) groups excluding carboxylic acids is 2. The molecule has 1 aromatic carbocycles. The Kier molecular flexibility index (Phi) is 3.88. The third-order valence-electron chi connectivity index (χ3n) is 4.95. The minimum absolute atomic E-state index is 0.0630. The molecule has 0 radical (unpaired) electrons. The molecule has 2 aliphatic rings. The Bertz CT molecular complexity index is 777. The Morgan fingerprint density at radius 3 is 2.50 bits per heavy atom. The highest BCUT2D eigenvalue weighted by atomic mass is 35.5. The summed E-state index contributed by atoms with van der Waals surface area (Å²) in [4.78, 5) is 26.6. The van der Waals surface area contributed by atoms with Gasteiger partial charge in [0.25, 0.3) is 0 Å². The highest BCUT2D eigenvalue weighted by molar-refractivity contribution is 6.30. The lowest BCUT2D eigenvalue weighted by Crippen LogP contribution is -2.30. The number of aromatic nitrogens is 2.